The van der Waals surface area contributed by atoms with Gasteiger partial charge in [-0.05, 0) is 53.1 Å². The minimum absolute atomic E-state index is 0.540. The fourth-order valence-electron chi connectivity index (χ4n) is 4.43. The van der Waals surface area contributed by atoms with Crippen LogP contribution in [0.1, 0.15) is 16.7 Å². The van der Waals surface area contributed by atoms with Crippen molar-refractivity contribution in [2.45, 2.75) is 20.1 Å². The quantitative estimate of drug-likeness (QED) is 0.319. The smallest absolute Gasteiger partial charge is 0.125 e. The van der Waals surface area contributed by atoms with Gasteiger partial charge in [0.05, 0.1) is 23.9 Å². The summed E-state index contributed by atoms with van der Waals surface area (Å²) in [7, 11) is 0. The maximum Gasteiger partial charge on any atom is 0.125 e. The highest BCUT2D eigenvalue weighted by molar-refractivity contribution is 6.33. The van der Waals surface area contributed by atoms with Gasteiger partial charge < -0.3 is 19.7 Å². The molecule has 0 atom stereocenters. The number of anilines is 2. The lowest BCUT2D eigenvalue weighted by molar-refractivity contribution is 0.122. The van der Waals surface area contributed by atoms with Crippen LogP contribution in [-0.2, 0) is 17.9 Å². The van der Waals surface area contributed by atoms with Gasteiger partial charge in [0.2, 0.25) is 0 Å². The van der Waals surface area contributed by atoms with Gasteiger partial charge in [-0.2, -0.15) is 0 Å². The maximum atomic E-state index is 6.66. The van der Waals surface area contributed by atoms with E-state index >= 15 is 0 Å². The van der Waals surface area contributed by atoms with E-state index in [2.05, 4.69) is 89.9 Å². The topological polar surface area (TPSA) is 33.7 Å². The number of ether oxygens (including phenoxy) is 2. The van der Waals surface area contributed by atoms with Crippen molar-refractivity contribution in [1.29, 1.82) is 0 Å². The molecule has 0 saturated carbocycles. The zero-order valence-corrected chi connectivity index (χ0v) is 20.1. The zero-order chi connectivity index (χ0) is 23.3. The summed E-state index contributed by atoms with van der Waals surface area (Å²) in [5.41, 5.74) is 5.61. The average Bonchev–Trinajstić information content (AvgIpc) is 2.87. The Kier molecular flexibility index (Phi) is 6.89. The number of rotatable bonds is 7. The van der Waals surface area contributed by atoms with E-state index in [1.165, 1.54) is 21.9 Å². The lowest BCUT2D eigenvalue weighted by Gasteiger charge is -2.29. The van der Waals surface area contributed by atoms with E-state index < -0.39 is 0 Å². The molecular formula is C29H29ClN2O2. The second kappa shape index (κ2) is 10.4. The van der Waals surface area contributed by atoms with E-state index in [1.807, 2.05) is 6.07 Å². The van der Waals surface area contributed by atoms with Gasteiger partial charge >= 0.3 is 0 Å². The molecule has 4 aromatic rings. The fourth-order valence-corrected chi connectivity index (χ4v) is 4.73. The molecule has 0 unspecified atom stereocenters. The van der Waals surface area contributed by atoms with Crippen molar-refractivity contribution in [3.05, 3.63) is 101 Å². The van der Waals surface area contributed by atoms with Crippen molar-refractivity contribution in [2.24, 2.45) is 0 Å². The summed E-state index contributed by atoms with van der Waals surface area (Å²) in [6.07, 6.45) is 0. The molecule has 34 heavy (non-hydrogen) atoms. The number of hydrogen-bond acceptors (Lipinski definition) is 4. The summed E-state index contributed by atoms with van der Waals surface area (Å²) in [4.78, 5) is 2.28. The fraction of sp³-hybridized carbons (Fsp3) is 0.241. The number of aryl methyl sites for hydroxylation is 1. The second-order valence-corrected chi connectivity index (χ2v) is 9.00. The van der Waals surface area contributed by atoms with Crippen LogP contribution in [0.3, 0.4) is 0 Å². The molecule has 5 heteroatoms. The van der Waals surface area contributed by atoms with Crippen LogP contribution in [0, 0.1) is 6.92 Å². The maximum absolute atomic E-state index is 6.66. The molecule has 0 aliphatic carbocycles. The van der Waals surface area contributed by atoms with Crippen molar-refractivity contribution < 1.29 is 9.47 Å². The summed E-state index contributed by atoms with van der Waals surface area (Å²) in [5.74, 6) is 0.894. The number of hydrogen-bond donors (Lipinski definition) is 1. The molecule has 1 fully saturated rings. The molecule has 1 heterocycles. The minimum atomic E-state index is 0.540. The van der Waals surface area contributed by atoms with Gasteiger partial charge in [-0.25, -0.2) is 0 Å². The van der Waals surface area contributed by atoms with Gasteiger partial charge in [0.15, 0.2) is 0 Å². The van der Waals surface area contributed by atoms with Crippen molar-refractivity contribution in [3.63, 3.8) is 0 Å². The van der Waals surface area contributed by atoms with Gasteiger partial charge in [-0.3, -0.25) is 0 Å². The summed E-state index contributed by atoms with van der Waals surface area (Å²) < 4.78 is 11.8. The molecule has 4 nitrogen and oxygen atoms in total. The van der Waals surface area contributed by atoms with E-state index in [4.69, 9.17) is 21.1 Å². The molecule has 1 saturated heterocycles. The highest BCUT2D eigenvalue weighted by Crippen LogP contribution is 2.32. The monoisotopic (exact) mass is 472 g/mol. The molecule has 4 aromatic carbocycles. The van der Waals surface area contributed by atoms with Crippen molar-refractivity contribution in [1.82, 2.24) is 0 Å². The molecule has 0 aromatic heterocycles. The van der Waals surface area contributed by atoms with Gasteiger partial charge in [-0.1, -0.05) is 66.2 Å². The van der Waals surface area contributed by atoms with E-state index in [0.717, 1.165) is 54.0 Å². The predicted octanol–water partition coefficient (Wildman–Crippen LogP) is 6.83. The van der Waals surface area contributed by atoms with Crippen LogP contribution < -0.4 is 15.0 Å². The summed E-state index contributed by atoms with van der Waals surface area (Å²) in [5, 5.41) is 6.70. The van der Waals surface area contributed by atoms with E-state index in [-0.39, 0.29) is 0 Å². The standard InChI is InChI=1S/C29H29ClN2O2/c1-21-6-2-3-8-23(21)20-34-29-13-10-22-7-4-5-9-25(22)26(29)19-31-24-11-12-28(27(30)18-24)32-14-16-33-17-15-32/h2-13,18,31H,14-17,19-20H2,1H3. The predicted molar refractivity (Wildman–Crippen MR) is 141 cm³/mol. The van der Waals surface area contributed by atoms with Gasteiger partial charge in [0.25, 0.3) is 0 Å². The van der Waals surface area contributed by atoms with Gasteiger partial charge in [0.1, 0.15) is 12.4 Å². The van der Waals surface area contributed by atoms with Gasteiger partial charge in [0, 0.05) is 30.9 Å². The third-order valence-electron chi connectivity index (χ3n) is 6.41. The van der Waals surface area contributed by atoms with E-state index in [1.54, 1.807) is 0 Å². The Hall–Kier alpha value is -3.21. The molecule has 0 radical (unpaired) electrons. The number of nitrogens with one attached hydrogen (secondary N) is 1. The van der Waals surface area contributed by atoms with Gasteiger partial charge in [-0.15, -0.1) is 0 Å². The highest BCUT2D eigenvalue weighted by Gasteiger charge is 2.15. The Balaban J connectivity index is 1.37. The number of nitrogens with zero attached hydrogens (tertiary/aromatic N) is 1. The molecule has 0 spiro atoms. The summed E-state index contributed by atoms with van der Waals surface area (Å²) >= 11 is 6.66. The molecule has 0 bridgehead atoms. The minimum Gasteiger partial charge on any atom is -0.489 e. The first-order valence-electron chi connectivity index (χ1n) is 11.7. The molecule has 1 N–H and O–H groups in total. The largest absolute Gasteiger partial charge is 0.489 e. The SMILES string of the molecule is Cc1ccccc1COc1ccc2ccccc2c1CNc1ccc(N2CCOCC2)c(Cl)c1. The molecule has 174 valence electrons. The van der Waals surface area contributed by atoms with E-state index in [9.17, 15) is 0 Å². The lowest BCUT2D eigenvalue weighted by Crippen LogP contribution is -2.36. The Labute approximate surface area is 206 Å². The Morgan fingerprint density at radius 2 is 1.74 bits per heavy atom. The number of morpholine rings is 1. The van der Waals surface area contributed by atoms with Crippen LogP contribution in [0.4, 0.5) is 11.4 Å². The van der Waals surface area contributed by atoms with Crippen molar-refractivity contribution in [2.75, 3.05) is 36.5 Å². The van der Waals surface area contributed by atoms with E-state index in [0.29, 0.717) is 13.2 Å². The summed E-state index contributed by atoms with van der Waals surface area (Å²) in [6.45, 7) is 6.50. The number of fused-ring (bicyclic) bond motifs is 1. The van der Waals surface area contributed by atoms with Crippen LogP contribution in [0.5, 0.6) is 5.75 Å². The third kappa shape index (κ3) is 4.98. The molecule has 5 rings (SSSR count). The second-order valence-electron chi connectivity index (χ2n) is 8.60. The molecular weight excluding hydrogens is 444 g/mol. The first-order chi connectivity index (χ1) is 16.7. The highest BCUT2D eigenvalue weighted by atomic mass is 35.5. The molecule has 1 aliphatic heterocycles. The van der Waals surface area contributed by atoms with Crippen LogP contribution in [0.25, 0.3) is 10.8 Å². The van der Waals surface area contributed by atoms with Crippen molar-refractivity contribution >= 4 is 33.7 Å². The van der Waals surface area contributed by atoms with Crippen LogP contribution in [0.15, 0.2) is 78.9 Å². The Bertz CT molecular complexity index is 1280. The molecule has 1 aliphatic rings. The van der Waals surface area contributed by atoms with Crippen LogP contribution in [-0.4, -0.2) is 26.3 Å². The lowest BCUT2D eigenvalue weighted by atomic mass is 10.0. The Morgan fingerprint density at radius 3 is 2.56 bits per heavy atom. The zero-order valence-electron chi connectivity index (χ0n) is 19.4. The number of halogens is 1. The first kappa shape index (κ1) is 22.6. The molecule has 0 amide bonds. The summed E-state index contributed by atoms with van der Waals surface area (Å²) in [6, 6.07) is 27.2. The third-order valence-corrected chi connectivity index (χ3v) is 6.71. The van der Waals surface area contributed by atoms with Crippen LogP contribution >= 0.6 is 11.6 Å². The number of benzene rings is 4. The van der Waals surface area contributed by atoms with Crippen molar-refractivity contribution in [3.8, 4) is 5.75 Å². The first-order valence-corrected chi connectivity index (χ1v) is 12.1. The Morgan fingerprint density at radius 1 is 0.941 bits per heavy atom. The van der Waals surface area contributed by atoms with Crippen LogP contribution in [0.2, 0.25) is 5.02 Å². The average molecular weight is 473 g/mol. The normalized spacial score (nSPS) is 13.8.